The average molecular weight is 523 g/mol. The van der Waals surface area contributed by atoms with Crippen LogP contribution in [0.1, 0.15) is 0 Å². The van der Waals surface area contributed by atoms with Gasteiger partial charge in [0.15, 0.2) is 15.7 Å². The van der Waals surface area contributed by atoms with Crippen molar-refractivity contribution in [2.45, 2.75) is 10.1 Å². The standard InChI is InChI=1S/C20H16ClFN6O4S2/c1-28-17-14(9-24-20(26-17)33-3)25-16(19(28)29)12-7-11(4-5-13(12)22)27-34(30,31)15-6-10(21)8-23-18(15)32-2/h4-9,27H,1-3H3. The molecule has 0 bridgehead atoms. The number of rotatable bonds is 6. The Hall–Kier alpha value is -3.29. The fraction of sp³-hybridized carbons (Fsp3) is 0.150. The lowest BCUT2D eigenvalue weighted by atomic mass is 10.1. The molecule has 4 rings (SSSR count). The lowest BCUT2D eigenvalue weighted by Gasteiger charge is -2.13. The van der Waals surface area contributed by atoms with E-state index in [0.29, 0.717) is 5.16 Å². The van der Waals surface area contributed by atoms with Gasteiger partial charge >= 0.3 is 0 Å². The van der Waals surface area contributed by atoms with E-state index in [4.69, 9.17) is 16.3 Å². The number of aryl methyl sites for hydroxylation is 1. The van der Waals surface area contributed by atoms with Crippen molar-refractivity contribution in [3.8, 4) is 17.1 Å². The third kappa shape index (κ3) is 4.41. The normalized spacial score (nSPS) is 11.6. The second-order valence-electron chi connectivity index (χ2n) is 6.85. The molecule has 0 aliphatic rings. The molecule has 4 aromatic rings. The largest absolute Gasteiger partial charge is 0.480 e. The van der Waals surface area contributed by atoms with Crippen LogP contribution in [-0.4, -0.2) is 46.3 Å². The van der Waals surface area contributed by atoms with Gasteiger partial charge in [0, 0.05) is 24.5 Å². The number of thioether (sulfide) groups is 1. The molecule has 0 fully saturated rings. The van der Waals surface area contributed by atoms with Gasteiger partial charge in [0.1, 0.15) is 17.0 Å². The van der Waals surface area contributed by atoms with Gasteiger partial charge in [-0.3, -0.25) is 14.1 Å². The Morgan fingerprint density at radius 2 is 1.94 bits per heavy atom. The number of nitrogens with one attached hydrogen (secondary N) is 1. The minimum absolute atomic E-state index is 0.0173. The summed E-state index contributed by atoms with van der Waals surface area (Å²) >= 11 is 7.19. The van der Waals surface area contributed by atoms with E-state index in [-0.39, 0.29) is 43.9 Å². The van der Waals surface area contributed by atoms with E-state index in [1.165, 1.54) is 61.1 Å². The van der Waals surface area contributed by atoms with Crippen molar-refractivity contribution in [2.24, 2.45) is 7.05 Å². The van der Waals surface area contributed by atoms with Crippen LogP contribution in [0.4, 0.5) is 10.1 Å². The zero-order valence-electron chi connectivity index (χ0n) is 17.9. The molecule has 1 aromatic carbocycles. The van der Waals surface area contributed by atoms with Gasteiger partial charge in [-0.05, 0) is 30.5 Å². The Morgan fingerprint density at radius 3 is 2.65 bits per heavy atom. The van der Waals surface area contributed by atoms with Crippen molar-refractivity contribution in [3.63, 3.8) is 0 Å². The highest BCUT2D eigenvalue weighted by Crippen LogP contribution is 2.29. The number of halogens is 2. The van der Waals surface area contributed by atoms with Crippen LogP contribution in [0.3, 0.4) is 0 Å². The van der Waals surface area contributed by atoms with Crippen LogP contribution in [0.2, 0.25) is 5.02 Å². The molecule has 0 radical (unpaired) electrons. The smallest absolute Gasteiger partial charge is 0.278 e. The molecule has 3 heterocycles. The summed E-state index contributed by atoms with van der Waals surface area (Å²) in [5.74, 6) is -0.940. The summed E-state index contributed by atoms with van der Waals surface area (Å²) in [6, 6.07) is 4.58. The Bertz CT molecular complexity index is 1600. The summed E-state index contributed by atoms with van der Waals surface area (Å²) in [6.07, 6.45) is 4.46. The summed E-state index contributed by atoms with van der Waals surface area (Å²) in [7, 11) is -1.48. The topological polar surface area (TPSA) is 129 Å². The minimum atomic E-state index is -4.22. The quantitative estimate of drug-likeness (QED) is 0.300. The highest BCUT2D eigenvalue weighted by Gasteiger charge is 2.23. The number of aromatic nitrogens is 5. The van der Waals surface area contributed by atoms with Crippen LogP contribution in [0, 0.1) is 5.82 Å². The maximum Gasteiger partial charge on any atom is 0.278 e. The Kier molecular flexibility index (Phi) is 6.43. The SMILES string of the molecule is COc1ncc(Cl)cc1S(=O)(=O)Nc1ccc(F)c(-c2nc3cnc(SC)nc3n(C)c2=O)c1. The molecule has 0 atom stereocenters. The number of ether oxygens (including phenoxy) is 1. The van der Waals surface area contributed by atoms with Crippen molar-refractivity contribution in [1.82, 2.24) is 24.5 Å². The van der Waals surface area contributed by atoms with E-state index in [1.807, 2.05) is 0 Å². The van der Waals surface area contributed by atoms with Gasteiger partial charge in [0.2, 0.25) is 5.88 Å². The molecule has 176 valence electrons. The molecular weight excluding hydrogens is 507 g/mol. The van der Waals surface area contributed by atoms with Gasteiger partial charge < -0.3 is 4.74 Å². The van der Waals surface area contributed by atoms with Gasteiger partial charge in [-0.1, -0.05) is 23.4 Å². The van der Waals surface area contributed by atoms with E-state index >= 15 is 0 Å². The summed E-state index contributed by atoms with van der Waals surface area (Å²) < 4.78 is 49.2. The Labute approximate surface area is 202 Å². The number of fused-ring (bicyclic) bond motifs is 1. The van der Waals surface area contributed by atoms with E-state index in [2.05, 4.69) is 24.7 Å². The van der Waals surface area contributed by atoms with Crippen molar-refractivity contribution in [1.29, 1.82) is 0 Å². The summed E-state index contributed by atoms with van der Waals surface area (Å²) in [5, 5.41) is 0.530. The number of sulfonamides is 1. The number of hydrogen-bond donors (Lipinski definition) is 1. The molecule has 0 amide bonds. The maximum atomic E-state index is 14.8. The molecule has 3 aromatic heterocycles. The van der Waals surface area contributed by atoms with Crippen molar-refractivity contribution in [3.05, 3.63) is 57.9 Å². The van der Waals surface area contributed by atoms with Crippen LogP contribution in [0.5, 0.6) is 5.88 Å². The second-order valence-corrected chi connectivity index (χ2v) is 9.71. The van der Waals surface area contributed by atoms with E-state index in [1.54, 1.807) is 6.26 Å². The molecule has 0 aliphatic carbocycles. The van der Waals surface area contributed by atoms with Crippen LogP contribution in [0.15, 0.2) is 51.5 Å². The fourth-order valence-corrected chi connectivity index (χ4v) is 4.86. The molecule has 1 N–H and O–H groups in total. The van der Waals surface area contributed by atoms with Crippen molar-refractivity contribution >= 4 is 50.2 Å². The zero-order chi connectivity index (χ0) is 24.6. The molecule has 0 saturated carbocycles. The van der Waals surface area contributed by atoms with Crippen LogP contribution < -0.4 is 15.0 Å². The number of anilines is 1. The molecule has 34 heavy (non-hydrogen) atoms. The highest BCUT2D eigenvalue weighted by molar-refractivity contribution is 7.98. The lowest BCUT2D eigenvalue weighted by molar-refractivity contribution is 0.385. The van der Waals surface area contributed by atoms with Gasteiger partial charge in [0.25, 0.3) is 15.6 Å². The molecular formula is C20H16ClFN6O4S2. The lowest BCUT2D eigenvalue weighted by Crippen LogP contribution is -2.22. The van der Waals surface area contributed by atoms with Gasteiger partial charge in [-0.15, -0.1) is 0 Å². The maximum absolute atomic E-state index is 14.8. The summed E-state index contributed by atoms with van der Waals surface area (Å²) in [4.78, 5) is 29.2. The van der Waals surface area contributed by atoms with E-state index < -0.39 is 21.4 Å². The number of pyridine rings is 1. The van der Waals surface area contributed by atoms with Gasteiger partial charge in [0.05, 0.1) is 18.3 Å². The first-order valence-corrected chi connectivity index (χ1v) is 12.5. The monoisotopic (exact) mass is 522 g/mol. The number of benzene rings is 1. The number of methoxy groups -OCH3 is 1. The molecule has 0 spiro atoms. The predicted molar refractivity (Wildman–Crippen MR) is 126 cm³/mol. The molecule has 0 saturated heterocycles. The highest BCUT2D eigenvalue weighted by atomic mass is 35.5. The van der Waals surface area contributed by atoms with Crippen LogP contribution >= 0.6 is 23.4 Å². The molecule has 0 unspecified atom stereocenters. The molecule has 14 heteroatoms. The first-order chi connectivity index (χ1) is 16.1. The minimum Gasteiger partial charge on any atom is -0.480 e. The predicted octanol–water partition coefficient (Wildman–Crippen LogP) is 3.11. The fourth-order valence-electron chi connectivity index (χ4n) is 3.11. The third-order valence-corrected chi connectivity index (χ3v) is 6.85. The number of hydrogen-bond acceptors (Lipinski definition) is 9. The van der Waals surface area contributed by atoms with Crippen LogP contribution in [0.25, 0.3) is 22.4 Å². The average Bonchev–Trinajstić information content (AvgIpc) is 2.82. The van der Waals surface area contributed by atoms with Gasteiger partial charge in [-0.25, -0.2) is 32.7 Å². The zero-order valence-corrected chi connectivity index (χ0v) is 20.3. The molecule has 0 aliphatic heterocycles. The van der Waals surface area contributed by atoms with Crippen molar-refractivity contribution < 1.29 is 17.5 Å². The summed E-state index contributed by atoms with van der Waals surface area (Å²) in [6.45, 7) is 0. The first-order valence-electron chi connectivity index (χ1n) is 9.44. The Morgan fingerprint density at radius 1 is 1.18 bits per heavy atom. The van der Waals surface area contributed by atoms with E-state index in [9.17, 15) is 17.6 Å². The molecule has 10 nitrogen and oxygen atoms in total. The van der Waals surface area contributed by atoms with Gasteiger partial charge in [-0.2, -0.15) is 0 Å². The summed E-state index contributed by atoms with van der Waals surface area (Å²) in [5.41, 5.74) is -0.501. The number of nitrogens with zero attached hydrogens (tertiary/aromatic N) is 5. The van der Waals surface area contributed by atoms with Crippen LogP contribution in [-0.2, 0) is 17.1 Å². The van der Waals surface area contributed by atoms with Crippen molar-refractivity contribution in [2.75, 3.05) is 18.1 Å². The second kappa shape index (κ2) is 9.16. The Balaban J connectivity index is 1.81. The third-order valence-electron chi connectivity index (χ3n) is 4.71. The van der Waals surface area contributed by atoms with E-state index in [0.717, 1.165) is 6.07 Å². The first kappa shape index (κ1) is 23.9.